The third-order valence-corrected chi connectivity index (χ3v) is 3.70. The summed E-state index contributed by atoms with van der Waals surface area (Å²) >= 11 is 0. The Morgan fingerprint density at radius 2 is 1.39 bits per heavy atom. The molecule has 0 unspecified atom stereocenters. The van der Waals surface area contributed by atoms with Crippen molar-refractivity contribution in [1.82, 2.24) is 5.32 Å². The number of nitrogens with one attached hydrogen (secondary N) is 1. The summed E-state index contributed by atoms with van der Waals surface area (Å²) in [7, 11) is 0. The van der Waals surface area contributed by atoms with Crippen LogP contribution in [0.3, 0.4) is 0 Å². The number of amides is 1. The molecule has 0 heterocycles. The predicted octanol–water partition coefficient (Wildman–Crippen LogP) is 3.11. The van der Waals surface area contributed by atoms with Gasteiger partial charge in [0.25, 0.3) is 0 Å². The number of rotatable bonds is 8. The van der Waals surface area contributed by atoms with E-state index in [4.69, 9.17) is 14.2 Å². The molecule has 8 heteroatoms. The van der Waals surface area contributed by atoms with E-state index in [1.54, 1.807) is 48.5 Å². The maximum atomic E-state index is 11.9. The monoisotopic (exact) mass is 387 g/mol. The number of hydrogen-bond acceptors (Lipinski definition) is 6. The molecule has 0 aliphatic heterocycles. The summed E-state index contributed by atoms with van der Waals surface area (Å²) in [6.45, 7) is 1.30. The molecule has 2 N–H and O–H groups in total. The molecule has 0 radical (unpaired) electrons. The zero-order valence-electron chi connectivity index (χ0n) is 15.2. The fourth-order valence-corrected chi connectivity index (χ4v) is 2.24. The number of carbonyl (C=O) groups excluding carboxylic acids is 2. The molecular weight excluding hydrogens is 366 g/mol. The molecule has 0 bridgehead atoms. The van der Waals surface area contributed by atoms with Crippen molar-refractivity contribution in [3.8, 4) is 0 Å². The van der Waals surface area contributed by atoms with E-state index >= 15 is 0 Å². The van der Waals surface area contributed by atoms with Gasteiger partial charge in [0.05, 0.1) is 0 Å². The van der Waals surface area contributed by atoms with Gasteiger partial charge in [0.2, 0.25) is 0 Å². The molecular formula is C20H21NO7. The highest BCUT2D eigenvalue weighted by atomic mass is 16.7. The van der Waals surface area contributed by atoms with Gasteiger partial charge in [0.1, 0.15) is 19.3 Å². The average Bonchev–Trinajstić information content (AvgIpc) is 2.70. The van der Waals surface area contributed by atoms with Crippen LogP contribution in [0.5, 0.6) is 0 Å². The van der Waals surface area contributed by atoms with E-state index in [2.05, 4.69) is 5.32 Å². The van der Waals surface area contributed by atoms with Crippen molar-refractivity contribution < 1.29 is 33.7 Å². The smallest absolute Gasteiger partial charge is 0.480 e. The molecule has 0 aromatic heterocycles. The Labute approximate surface area is 162 Å². The van der Waals surface area contributed by atoms with E-state index in [9.17, 15) is 19.5 Å². The van der Waals surface area contributed by atoms with Crippen LogP contribution in [0, 0.1) is 0 Å². The lowest BCUT2D eigenvalue weighted by Crippen LogP contribution is -2.49. The van der Waals surface area contributed by atoms with Crippen LogP contribution in [0.2, 0.25) is 0 Å². The van der Waals surface area contributed by atoms with Crippen LogP contribution >= 0.6 is 0 Å². The lowest BCUT2D eigenvalue weighted by Gasteiger charge is -2.21. The number of carboxylic acids is 1. The van der Waals surface area contributed by atoms with Crippen molar-refractivity contribution >= 4 is 18.2 Å². The molecule has 0 fully saturated rings. The molecule has 0 saturated heterocycles. The van der Waals surface area contributed by atoms with Gasteiger partial charge in [-0.3, -0.25) is 0 Å². The fourth-order valence-electron chi connectivity index (χ4n) is 2.24. The van der Waals surface area contributed by atoms with Crippen molar-refractivity contribution in [2.45, 2.75) is 32.3 Å². The molecule has 2 rings (SSSR count). The van der Waals surface area contributed by atoms with Gasteiger partial charge in [-0.15, -0.1) is 0 Å². The summed E-state index contributed by atoms with van der Waals surface area (Å²) in [5, 5.41) is 11.5. The average molecular weight is 387 g/mol. The van der Waals surface area contributed by atoms with Crippen molar-refractivity contribution in [3.63, 3.8) is 0 Å². The Morgan fingerprint density at radius 3 is 1.89 bits per heavy atom. The number of alkyl carbamates (subject to hydrolysis) is 1. The number of ether oxygens (including phenoxy) is 3. The minimum atomic E-state index is -1.49. The van der Waals surface area contributed by atoms with E-state index in [1.807, 2.05) is 12.1 Å². The molecule has 2 atom stereocenters. The van der Waals surface area contributed by atoms with Gasteiger partial charge in [-0.05, 0) is 18.1 Å². The number of benzene rings is 2. The first-order valence-corrected chi connectivity index (χ1v) is 8.53. The van der Waals surface area contributed by atoms with Crippen LogP contribution in [0.15, 0.2) is 60.7 Å². The summed E-state index contributed by atoms with van der Waals surface area (Å²) in [5.41, 5.74) is 1.50. The zero-order chi connectivity index (χ0) is 20.4. The van der Waals surface area contributed by atoms with E-state index in [0.717, 1.165) is 11.1 Å². The first-order chi connectivity index (χ1) is 13.5. The summed E-state index contributed by atoms with van der Waals surface area (Å²) in [4.78, 5) is 35.0. The second-order valence-electron chi connectivity index (χ2n) is 5.87. The molecule has 2 aromatic carbocycles. The minimum absolute atomic E-state index is 0.0172. The summed E-state index contributed by atoms with van der Waals surface area (Å²) in [5.74, 6) is -1.37. The zero-order valence-corrected chi connectivity index (χ0v) is 15.2. The summed E-state index contributed by atoms with van der Waals surface area (Å²) < 4.78 is 14.9. The van der Waals surface area contributed by atoms with Crippen molar-refractivity contribution in [2.75, 3.05) is 0 Å². The predicted molar refractivity (Wildman–Crippen MR) is 98.4 cm³/mol. The van der Waals surface area contributed by atoms with Gasteiger partial charge in [-0.25, -0.2) is 14.4 Å². The Bertz CT molecular complexity index is 780. The molecule has 8 nitrogen and oxygen atoms in total. The molecule has 0 spiro atoms. The lowest BCUT2D eigenvalue weighted by molar-refractivity contribution is -0.142. The highest BCUT2D eigenvalue weighted by Crippen LogP contribution is 2.07. The van der Waals surface area contributed by atoms with Gasteiger partial charge in [0, 0.05) is 0 Å². The van der Waals surface area contributed by atoms with Gasteiger partial charge < -0.3 is 24.6 Å². The molecule has 2 aromatic rings. The first-order valence-electron chi connectivity index (χ1n) is 8.53. The van der Waals surface area contributed by atoms with E-state index in [0.29, 0.717) is 0 Å². The normalized spacial score (nSPS) is 12.3. The largest absolute Gasteiger partial charge is 0.508 e. The van der Waals surface area contributed by atoms with Gasteiger partial charge >= 0.3 is 18.2 Å². The maximum Gasteiger partial charge on any atom is 0.508 e. The topological polar surface area (TPSA) is 111 Å². The first kappa shape index (κ1) is 20.8. The standard InChI is InChI=1S/C20H21NO7/c1-14(28-20(25)27-13-16-10-6-3-7-11-16)17(18(22)23)21-19(24)26-12-15-8-4-2-5-9-15/h2-11,14,17H,12-13H2,1H3,(H,21,24)(H,22,23)/t14-,17+/m1/s1. The molecule has 0 saturated carbocycles. The Morgan fingerprint density at radius 1 is 0.893 bits per heavy atom. The Kier molecular flexibility index (Phi) is 7.83. The third kappa shape index (κ3) is 6.99. The number of carbonyl (C=O) groups is 3. The Balaban J connectivity index is 1.81. The number of aliphatic carboxylic acids is 1. The van der Waals surface area contributed by atoms with Crippen LogP contribution in [0.25, 0.3) is 0 Å². The quantitative estimate of drug-likeness (QED) is 0.670. The van der Waals surface area contributed by atoms with Crippen LogP contribution in [-0.2, 0) is 32.2 Å². The molecule has 1 amide bonds. The minimum Gasteiger partial charge on any atom is -0.480 e. The van der Waals surface area contributed by atoms with Crippen molar-refractivity contribution in [1.29, 1.82) is 0 Å². The highest BCUT2D eigenvalue weighted by Gasteiger charge is 2.30. The van der Waals surface area contributed by atoms with Crippen LogP contribution in [0.4, 0.5) is 9.59 Å². The van der Waals surface area contributed by atoms with Crippen molar-refractivity contribution in [3.05, 3.63) is 71.8 Å². The van der Waals surface area contributed by atoms with E-state index < -0.39 is 30.4 Å². The highest BCUT2D eigenvalue weighted by molar-refractivity contribution is 5.80. The van der Waals surface area contributed by atoms with Gasteiger partial charge in [-0.1, -0.05) is 60.7 Å². The Hall–Kier alpha value is -3.55. The molecule has 0 aliphatic rings. The van der Waals surface area contributed by atoms with Gasteiger partial charge in [-0.2, -0.15) is 0 Å². The van der Waals surface area contributed by atoms with Gasteiger partial charge in [0.15, 0.2) is 6.04 Å². The SMILES string of the molecule is C[C@@H](OC(=O)OCc1ccccc1)[C@H](NC(=O)OCc1ccccc1)C(=O)O. The summed E-state index contributed by atoms with van der Waals surface area (Å²) in [6, 6.07) is 16.4. The second kappa shape index (κ2) is 10.6. The van der Waals surface area contributed by atoms with Crippen LogP contribution in [0.1, 0.15) is 18.1 Å². The van der Waals surface area contributed by atoms with E-state index in [1.165, 1.54) is 6.92 Å². The maximum absolute atomic E-state index is 11.9. The fraction of sp³-hybridized carbons (Fsp3) is 0.250. The number of hydrogen-bond donors (Lipinski definition) is 2. The number of carboxylic acid groups (broad SMARTS) is 1. The van der Waals surface area contributed by atoms with Crippen LogP contribution < -0.4 is 5.32 Å². The molecule has 148 valence electrons. The molecule has 28 heavy (non-hydrogen) atoms. The third-order valence-electron chi connectivity index (χ3n) is 3.70. The van der Waals surface area contributed by atoms with Crippen LogP contribution in [-0.4, -0.2) is 35.5 Å². The molecule has 0 aliphatic carbocycles. The van der Waals surface area contributed by atoms with E-state index in [-0.39, 0.29) is 13.2 Å². The summed E-state index contributed by atoms with van der Waals surface area (Å²) in [6.07, 6.45) is -3.16. The lowest BCUT2D eigenvalue weighted by atomic mass is 10.2. The second-order valence-corrected chi connectivity index (χ2v) is 5.87. The van der Waals surface area contributed by atoms with Crippen molar-refractivity contribution in [2.24, 2.45) is 0 Å².